The molecule has 2 aromatic rings. The number of carbonyl (C=O) groups is 2. The van der Waals surface area contributed by atoms with Gasteiger partial charge in [0.15, 0.2) is 5.78 Å². The van der Waals surface area contributed by atoms with Crippen molar-refractivity contribution in [2.45, 2.75) is 18.1 Å². The first-order chi connectivity index (χ1) is 11.1. The number of hydrogen-bond donors (Lipinski definition) is 1. The Balaban J connectivity index is 2.08. The molecule has 0 aliphatic heterocycles. The summed E-state index contributed by atoms with van der Waals surface area (Å²) in [6.07, 6.45) is 0.416. The highest BCUT2D eigenvalue weighted by Crippen LogP contribution is 2.33. The maximum Gasteiger partial charge on any atom is 0.304 e. The largest absolute Gasteiger partial charge is 0.481 e. The number of aliphatic carboxylic acids is 1. The number of ketones is 1. The van der Waals surface area contributed by atoms with E-state index < -0.39 is 5.97 Å². The third-order valence-corrected chi connectivity index (χ3v) is 4.88. The zero-order valence-corrected chi connectivity index (χ0v) is 14.0. The topological polar surface area (TPSA) is 54.4 Å². The Labute approximate surface area is 144 Å². The molecule has 3 nitrogen and oxygen atoms in total. The lowest BCUT2D eigenvalue weighted by Gasteiger charge is -2.16. The third-order valence-electron chi connectivity index (χ3n) is 3.34. The monoisotopic (exact) mass is 348 g/mol. The van der Waals surface area contributed by atoms with E-state index in [0.29, 0.717) is 22.8 Å². The van der Waals surface area contributed by atoms with Crippen molar-refractivity contribution in [3.05, 3.63) is 70.7 Å². The first-order valence-corrected chi connectivity index (χ1v) is 8.66. The third kappa shape index (κ3) is 5.73. The van der Waals surface area contributed by atoms with E-state index in [1.807, 2.05) is 30.3 Å². The number of carboxylic acids is 1. The van der Waals surface area contributed by atoms with Gasteiger partial charge in [0, 0.05) is 28.0 Å². The summed E-state index contributed by atoms with van der Waals surface area (Å²) in [7, 11) is 0. The fourth-order valence-electron chi connectivity index (χ4n) is 2.15. The van der Waals surface area contributed by atoms with E-state index in [2.05, 4.69) is 0 Å². The molecule has 0 fully saturated rings. The molecule has 0 bridgehead atoms. The number of carbonyl (C=O) groups excluding carboxylic acids is 1. The van der Waals surface area contributed by atoms with Crippen LogP contribution < -0.4 is 0 Å². The molecule has 5 heteroatoms. The fraction of sp³-hybridized carbons (Fsp3) is 0.222. The molecule has 0 saturated heterocycles. The molecule has 2 rings (SSSR count). The Morgan fingerprint density at radius 2 is 1.70 bits per heavy atom. The van der Waals surface area contributed by atoms with Gasteiger partial charge in [-0.25, -0.2) is 0 Å². The lowest BCUT2D eigenvalue weighted by Crippen LogP contribution is -2.07. The van der Waals surface area contributed by atoms with Crippen LogP contribution in [0.2, 0.25) is 5.02 Å². The Morgan fingerprint density at radius 1 is 1.04 bits per heavy atom. The summed E-state index contributed by atoms with van der Waals surface area (Å²) in [6, 6.07) is 16.5. The lowest BCUT2D eigenvalue weighted by atomic mass is 10.0. The molecule has 23 heavy (non-hydrogen) atoms. The number of carboxylic acid groups (broad SMARTS) is 1. The number of hydrogen-bond acceptors (Lipinski definition) is 3. The summed E-state index contributed by atoms with van der Waals surface area (Å²) >= 11 is 7.35. The van der Waals surface area contributed by atoms with Crippen molar-refractivity contribution >= 4 is 35.1 Å². The van der Waals surface area contributed by atoms with Crippen molar-refractivity contribution in [2.24, 2.45) is 0 Å². The summed E-state index contributed by atoms with van der Waals surface area (Å²) in [5.74, 6) is -0.324. The van der Waals surface area contributed by atoms with Gasteiger partial charge < -0.3 is 5.11 Å². The fourth-order valence-corrected chi connectivity index (χ4v) is 3.47. The van der Waals surface area contributed by atoms with Crippen molar-refractivity contribution in [2.75, 3.05) is 5.75 Å². The minimum absolute atomic E-state index is 0.0262. The zero-order chi connectivity index (χ0) is 16.7. The van der Waals surface area contributed by atoms with Crippen molar-refractivity contribution in [1.82, 2.24) is 0 Å². The SMILES string of the molecule is O=C(O)CCS[C@@H](CC(=O)c1ccc(Cl)cc1)c1ccccc1. The van der Waals surface area contributed by atoms with Crippen LogP contribution in [0, 0.1) is 0 Å². The van der Waals surface area contributed by atoms with Crippen LogP contribution in [0.4, 0.5) is 0 Å². The zero-order valence-electron chi connectivity index (χ0n) is 12.4. The molecule has 0 spiro atoms. The maximum absolute atomic E-state index is 12.5. The van der Waals surface area contributed by atoms with E-state index in [4.69, 9.17) is 16.7 Å². The predicted octanol–water partition coefficient (Wildman–Crippen LogP) is 4.86. The van der Waals surface area contributed by atoms with Gasteiger partial charge in [-0.1, -0.05) is 41.9 Å². The van der Waals surface area contributed by atoms with Gasteiger partial charge in [-0.05, 0) is 29.8 Å². The number of halogens is 1. The van der Waals surface area contributed by atoms with Crippen LogP contribution >= 0.6 is 23.4 Å². The highest BCUT2D eigenvalue weighted by molar-refractivity contribution is 7.99. The molecule has 0 aromatic heterocycles. The number of Topliss-reactive ketones (excluding diaryl/α,β-unsaturated/α-hetero) is 1. The van der Waals surface area contributed by atoms with Crippen LogP contribution in [0.1, 0.15) is 34.0 Å². The molecular formula is C18H17ClO3S. The molecule has 0 unspecified atom stereocenters. The van der Waals surface area contributed by atoms with Gasteiger partial charge in [0.05, 0.1) is 6.42 Å². The molecule has 2 aromatic carbocycles. The minimum atomic E-state index is -0.826. The standard InChI is InChI=1S/C18H17ClO3S/c19-15-8-6-13(7-9-15)16(20)12-17(23-11-10-18(21)22)14-4-2-1-3-5-14/h1-9,17H,10-12H2,(H,21,22)/t17-/m0/s1. The lowest BCUT2D eigenvalue weighted by molar-refractivity contribution is -0.136. The molecule has 120 valence electrons. The quantitative estimate of drug-likeness (QED) is 0.692. The first kappa shape index (κ1) is 17.6. The van der Waals surface area contributed by atoms with Crippen molar-refractivity contribution in [3.63, 3.8) is 0 Å². The van der Waals surface area contributed by atoms with E-state index in [0.717, 1.165) is 5.56 Å². The van der Waals surface area contributed by atoms with Crippen molar-refractivity contribution in [3.8, 4) is 0 Å². The van der Waals surface area contributed by atoms with Gasteiger partial charge in [0.2, 0.25) is 0 Å². The van der Waals surface area contributed by atoms with Gasteiger partial charge in [0.1, 0.15) is 0 Å². The minimum Gasteiger partial charge on any atom is -0.481 e. The molecule has 0 amide bonds. The van der Waals surface area contributed by atoms with Crippen LogP contribution in [0.15, 0.2) is 54.6 Å². The molecule has 0 aliphatic carbocycles. The summed E-state index contributed by atoms with van der Waals surface area (Å²) < 4.78 is 0. The summed E-state index contributed by atoms with van der Waals surface area (Å²) in [5.41, 5.74) is 1.65. The van der Waals surface area contributed by atoms with Gasteiger partial charge in [-0.15, -0.1) is 0 Å². The van der Waals surface area contributed by atoms with Crippen LogP contribution in [0.25, 0.3) is 0 Å². The Hall–Kier alpha value is -1.78. The number of benzene rings is 2. The summed E-state index contributed by atoms with van der Waals surface area (Å²) in [6.45, 7) is 0. The predicted molar refractivity (Wildman–Crippen MR) is 94.3 cm³/mol. The second-order valence-corrected chi connectivity index (χ2v) is 6.80. The van der Waals surface area contributed by atoms with Crippen molar-refractivity contribution in [1.29, 1.82) is 0 Å². The second-order valence-electron chi connectivity index (χ2n) is 5.05. The molecule has 0 heterocycles. The highest BCUT2D eigenvalue weighted by Gasteiger charge is 2.18. The maximum atomic E-state index is 12.5. The molecule has 1 N–H and O–H groups in total. The van der Waals surface area contributed by atoms with Gasteiger partial charge in [-0.2, -0.15) is 11.8 Å². The normalized spacial score (nSPS) is 11.9. The Kier molecular flexibility index (Phi) is 6.68. The van der Waals surface area contributed by atoms with E-state index in [1.54, 1.807) is 24.3 Å². The van der Waals surface area contributed by atoms with Crippen LogP contribution in [-0.4, -0.2) is 22.6 Å². The molecule has 1 atom stereocenters. The molecule has 0 saturated carbocycles. The molecule has 0 radical (unpaired) electrons. The first-order valence-electron chi connectivity index (χ1n) is 7.23. The van der Waals surface area contributed by atoms with E-state index >= 15 is 0 Å². The summed E-state index contributed by atoms with van der Waals surface area (Å²) in [4.78, 5) is 23.2. The number of thioether (sulfide) groups is 1. The van der Waals surface area contributed by atoms with Crippen LogP contribution in [0.5, 0.6) is 0 Å². The second kappa shape index (κ2) is 8.75. The van der Waals surface area contributed by atoms with Gasteiger partial charge in [-0.3, -0.25) is 9.59 Å². The van der Waals surface area contributed by atoms with Crippen molar-refractivity contribution < 1.29 is 14.7 Å². The highest BCUT2D eigenvalue weighted by atomic mass is 35.5. The molecule has 0 aliphatic rings. The summed E-state index contributed by atoms with van der Waals surface area (Å²) in [5, 5.41) is 9.33. The average Bonchev–Trinajstić information content (AvgIpc) is 2.55. The number of rotatable bonds is 8. The smallest absolute Gasteiger partial charge is 0.304 e. The van der Waals surface area contributed by atoms with E-state index in [1.165, 1.54) is 11.8 Å². The van der Waals surface area contributed by atoms with E-state index in [-0.39, 0.29) is 17.5 Å². The van der Waals surface area contributed by atoms with Gasteiger partial charge >= 0.3 is 5.97 Å². The van der Waals surface area contributed by atoms with Crippen LogP contribution in [0.3, 0.4) is 0 Å². The Bertz CT molecular complexity index is 656. The van der Waals surface area contributed by atoms with Crippen LogP contribution in [-0.2, 0) is 4.79 Å². The van der Waals surface area contributed by atoms with Gasteiger partial charge in [0.25, 0.3) is 0 Å². The molecular weight excluding hydrogens is 332 g/mol. The average molecular weight is 349 g/mol. The Morgan fingerprint density at radius 3 is 2.30 bits per heavy atom. The van der Waals surface area contributed by atoms with E-state index in [9.17, 15) is 9.59 Å².